The molecule has 5 rings (SSSR count). The lowest BCUT2D eigenvalue weighted by Crippen LogP contribution is -2.41. The summed E-state index contributed by atoms with van der Waals surface area (Å²) in [6.45, 7) is 13.7. The quantitative estimate of drug-likeness (QED) is 0.0763. The van der Waals surface area contributed by atoms with Crippen LogP contribution in [0, 0.1) is 17.6 Å². The van der Waals surface area contributed by atoms with Crippen LogP contribution in [0.2, 0.25) is 18.1 Å². The number of pyridine rings is 1. The van der Waals surface area contributed by atoms with Crippen LogP contribution >= 0.6 is 0 Å². The topological polar surface area (TPSA) is 96.2 Å². The zero-order valence-electron chi connectivity index (χ0n) is 27.4. The minimum atomic E-state index is -1.89. The number of nitrogens with zero attached hydrogens (tertiary/aromatic N) is 5. The number of nitrogens with one attached hydrogen (secondary N) is 1. The maximum Gasteiger partial charge on any atom is 0.214 e. The summed E-state index contributed by atoms with van der Waals surface area (Å²) in [6.07, 6.45) is 3.51. The van der Waals surface area contributed by atoms with E-state index < -0.39 is 25.9 Å². The van der Waals surface area contributed by atoms with E-state index in [2.05, 4.69) is 49.1 Å². The predicted octanol–water partition coefficient (Wildman–Crippen LogP) is 8.29. The standard InChI is InChI=1S/C34H39F3N6O3Si/c1-7-44-23-18-26(35)25(27(36)19-23)21-43-28-12-9-8-11-24(28)31(42-43)33-39-20-29(32(41-33)40-22-13-14-38-30(37)17-22)45-15-10-16-46-47(5,6)34(2,3)4/h8-9,11-14,17-20H,7,10,15-16,21H2,1-6H3,(H,38,39,40,41). The normalized spacial score (nSPS) is 12.0. The van der Waals surface area contributed by atoms with Gasteiger partial charge in [-0.1, -0.05) is 39.0 Å². The van der Waals surface area contributed by atoms with Crippen molar-refractivity contribution >= 4 is 30.7 Å². The van der Waals surface area contributed by atoms with E-state index in [1.807, 2.05) is 18.2 Å². The van der Waals surface area contributed by atoms with Crippen LogP contribution in [0.3, 0.4) is 0 Å². The summed E-state index contributed by atoms with van der Waals surface area (Å²) >= 11 is 0. The fraction of sp³-hybridized carbons (Fsp3) is 0.353. The second-order valence-electron chi connectivity index (χ2n) is 12.5. The predicted molar refractivity (Wildman–Crippen MR) is 178 cm³/mol. The maximum atomic E-state index is 15.0. The van der Waals surface area contributed by atoms with Crippen LogP contribution in [0.25, 0.3) is 22.4 Å². The van der Waals surface area contributed by atoms with E-state index in [0.29, 0.717) is 47.7 Å². The van der Waals surface area contributed by atoms with Gasteiger partial charge in [-0.2, -0.15) is 9.49 Å². The Morgan fingerprint density at radius 3 is 2.38 bits per heavy atom. The number of hydrogen-bond donors (Lipinski definition) is 1. The van der Waals surface area contributed by atoms with Crippen molar-refractivity contribution < 1.29 is 27.1 Å². The first-order valence-electron chi connectivity index (χ1n) is 15.5. The molecule has 248 valence electrons. The van der Waals surface area contributed by atoms with E-state index in [4.69, 9.17) is 24.0 Å². The Kier molecular flexibility index (Phi) is 10.2. The van der Waals surface area contributed by atoms with Gasteiger partial charge in [-0.25, -0.2) is 23.7 Å². The molecular weight excluding hydrogens is 625 g/mol. The van der Waals surface area contributed by atoms with E-state index in [-0.39, 0.29) is 41.1 Å². The number of hydrogen-bond acceptors (Lipinski definition) is 8. The number of ether oxygens (including phenoxy) is 2. The molecule has 0 spiro atoms. The largest absolute Gasteiger partial charge is 0.494 e. The average Bonchev–Trinajstić information content (AvgIpc) is 3.37. The van der Waals surface area contributed by atoms with Crippen molar-refractivity contribution in [2.24, 2.45) is 0 Å². The van der Waals surface area contributed by atoms with E-state index >= 15 is 0 Å². The first-order chi connectivity index (χ1) is 22.4. The zero-order chi connectivity index (χ0) is 33.8. The molecule has 13 heteroatoms. The van der Waals surface area contributed by atoms with E-state index in [1.165, 1.54) is 23.1 Å². The number of fused-ring (bicyclic) bond motifs is 1. The van der Waals surface area contributed by atoms with Crippen molar-refractivity contribution in [1.29, 1.82) is 0 Å². The lowest BCUT2D eigenvalue weighted by atomic mass is 10.1. The number of rotatable bonds is 13. The van der Waals surface area contributed by atoms with Gasteiger partial charge in [-0.05, 0) is 37.2 Å². The Labute approximate surface area is 273 Å². The van der Waals surface area contributed by atoms with Gasteiger partial charge in [0.05, 0.1) is 31.5 Å². The lowest BCUT2D eigenvalue weighted by molar-refractivity contribution is 0.233. The Bertz CT molecular complexity index is 1840. The average molecular weight is 665 g/mol. The highest BCUT2D eigenvalue weighted by atomic mass is 28.4. The number of para-hydroxylation sites is 1. The highest BCUT2D eigenvalue weighted by Gasteiger charge is 2.36. The van der Waals surface area contributed by atoms with E-state index in [9.17, 15) is 13.2 Å². The summed E-state index contributed by atoms with van der Waals surface area (Å²) in [4.78, 5) is 12.9. The highest BCUT2D eigenvalue weighted by Crippen LogP contribution is 2.37. The lowest BCUT2D eigenvalue weighted by Gasteiger charge is -2.36. The smallest absolute Gasteiger partial charge is 0.214 e. The third-order valence-electron chi connectivity index (χ3n) is 8.16. The second-order valence-corrected chi connectivity index (χ2v) is 17.3. The van der Waals surface area contributed by atoms with Crippen molar-refractivity contribution in [2.75, 3.05) is 25.1 Å². The van der Waals surface area contributed by atoms with E-state index in [1.54, 1.807) is 19.1 Å². The molecule has 3 heterocycles. The van der Waals surface area contributed by atoms with Gasteiger partial charge in [0.2, 0.25) is 5.95 Å². The monoisotopic (exact) mass is 664 g/mol. The van der Waals surface area contributed by atoms with Crippen molar-refractivity contribution in [3.05, 3.63) is 84.1 Å². The molecular formula is C34H39F3N6O3Si. The molecule has 2 aromatic carbocycles. The van der Waals surface area contributed by atoms with Gasteiger partial charge < -0.3 is 19.2 Å². The van der Waals surface area contributed by atoms with Crippen molar-refractivity contribution in [2.45, 2.75) is 58.8 Å². The highest BCUT2D eigenvalue weighted by molar-refractivity contribution is 6.74. The number of anilines is 2. The fourth-order valence-corrected chi connectivity index (χ4v) is 5.71. The number of aromatic nitrogens is 5. The molecule has 1 N–H and O–H groups in total. The minimum Gasteiger partial charge on any atom is -0.494 e. The van der Waals surface area contributed by atoms with Crippen LogP contribution < -0.4 is 14.8 Å². The molecule has 9 nitrogen and oxygen atoms in total. The van der Waals surface area contributed by atoms with E-state index in [0.717, 1.165) is 12.1 Å². The fourth-order valence-electron chi connectivity index (χ4n) is 4.63. The zero-order valence-corrected chi connectivity index (χ0v) is 28.4. The van der Waals surface area contributed by atoms with Crippen LogP contribution in [0.5, 0.6) is 11.5 Å². The molecule has 0 bridgehead atoms. The summed E-state index contributed by atoms with van der Waals surface area (Å²) in [5.41, 5.74) is 1.28. The third kappa shape index (κ3) is 7.91. The Hall–Kier alpha value is -4.49. The molecule has 0 saturated carbocycles. The first-order valence-corrected chi connectivity index (χ1v) is 18.4. The first kappa shape index (κ1) is 33.9. The molecule has 47 heavy (non-hydrogen) atoms. The van der Waals surface area contributed by atoms with Crippen LogP contribution in [0.1, 0.15) is 39.7 Å². The van der Waals surface area contributed by atoms with Crippen LogP contribution in [0.15, 0.2) is 60.9 Å². The molecule has 5 aromatic rings. The SMILES string of the molecule is CCOc1cc(F)c(Cn2nc(-c3ncc(OCCCO[Si](C)(C)C(C)(C)C)c(Nc4ccnc(F)c4)n3)c3ccccc32)c(F)c1. The summed E-state index contributed by atoms with van der Waals surface area (Å²) in [6, 6.07) is 12.4. The Morgan fingerprint density at radius 2 is 1.68 bits per heavy atom. The molecule has 0 aliphatic rings. The van der Waals surface area contributed by atoms with Crippen molar-refractivity contribution in [1.82, 2.24) is 24.7 Å². The molecule has 0 radical (unpaired) electrons. The van der Waals surface area contributed by atoms with Crippen molar-refractivity contribution in [3.63, 3.8) is 0 Å². The molecule has 0 unspecified atom stereocenters. The molecule has 0 atom stereocenters. The van der Waals surface area contributed by atoms with Gasteiger partial charge in [0.1, 0.15) is 23.1 Å². The molecule has 0 aliphatic carbocycles. The molecule has 0 saturated heterocycles. The number of benzene rings is 2. The molecule has 3 aromatic heterocycles. The summed E-state index contributed by atoms with van der Waals surface area (Å²) in [5, 5.41) is 8.58. The van der Waals surface area contributed by atoms with Gasteiger partial charge in [0.25, 0.3) is 0 Å². The van der Waals surface area contributed by atoms with Gasteiger partial charge in [0, 0.05) is 54.1 Å². The van der Waals surface area contributed by atoms with Gasteiger partial charge in [-0.3, -0.25) is 4.68 Å². The van der Waals surface area contributed by atoms with Gasteiger partial charge in [0.15, 0.2) is 25.7 Å². The van der Waals surface area contributed by atoms with Crippen LogP contribution in [-0.4, -0.2) is 52.9 Å². The molecule has 0 aliphatic heterocycles. The summed E-state index contributed by atoms with van der Waals surface area (Å²) < 4.78 is 63.1. The number of halogens is 3. The van der Waals surface area contributed by atoms with Gasteiger partial charge >= 0.3 is 0 Å². The van der Waals surface area contributed by atoms with Gasteiger partial charge in [-0.15, -0.1) is 0 Å². The second kappa shape index (κ2) is 14.1. The van der Waals surface area contributed by atoms with Crippen molar-refractivity contribution in [3.8, 4) is 23.0 Å². The molecule has 0 fully saturated rings. The van der Waals surface area contributed by atoms with Crippen LogP contribution in [-0.2, 0) is 11.0 Å². The third-order valence-corrected chi connectivity index (χ3v) is 12.7. The summed E-state index contributed by atoms with van der Waals surface area (Å²) in [5.74, 6) is -1.15. The summed E-state index contributed by atoms with van der Waals surface area (Å²) in [7, 11) is -1.89. The van der Waals surface area contributed by atoms with Crippen LogP contribution in [0.4, 0.5) is 24.7 Å². The minimum absolute atomic E-state index is 0.0993. The Morgan fingerprint density at radius 1 is 0.936 bits per heavy atom. The molecule has 0 amide bonds. The Balaban J connectivity index is 1.44. The maximum absolute atomic E-state index is 15.0.